The largest absolute Gasteiger partial charge is 0.469 e. The number of hydrogen-bond donors (Lipinski definition) is 0. The number of para-hydroxylation sites is 1. The number of benzene rings is 1. The number of rotatable bonds is 7. The summed E-state index contributed by atoms with van der Waals surface area (Å²) in [4.78, 5) is 25.6. The van der Waals surface area contributed by atoms with Gasteiger partial charge in [0.15, 0.2) is 11.6 Å². The molecule has 1 saturated carbocycles. The van der Waals surface area contributed by atoms with Crippen molar-refractivity contribution in [2.24, 2.45) is 5.92 Å². The number of aryl methyl sites for hydroxylation is 1. The molecule has 1 aromatic carbocycles. The van der Waals surface area contributed by atoms with Crippen molar-refractivity contribution < 1.29 is 14.0 Å². The summed E-state index contributed by atoms with van der Waals surface area (Å²) in [5.41, 5.74) is 1.74. The summed E-state index contributed by atoms with van der Waals surface area (Å²) in [5, 5.41) is 0.965. The monoisotopic (exact) mass is 363 g/mol. The standard InChI is InChI=1S/C23H25NO3/c25-18(12-13-19-9-6-14-27-19)15-24-16-21(20-10-4-5-11-22(20)24)23(26)17-7-2-1-3-8-17/h4-6,9-11,14,16-17H,1-3,7-8,12-13,15H2. The molecule has 0 radical (unpaired) electrons. The van der Waals surface area contributed by atoms with Crippen LogP contribution in [0.25, 0.3) is 10.9 Å². The fourth-order valence-corrected chi connectivity index (χ4v) is 4.15. The highest BCUT2D eigenvalue weighted by Gasteiger charge is 2.25. The Morgan fingerprint density at radius 2 is 1.85 bits per heavy atom. The molecular weight excluding hydrogens is 338 g/mol. The molecule has 4 rings (SSSR count). The topological polar surface area (TPSA) is 52.2 Å². The Morgan fingerprint density at radius 3 is 2.63 bits per heavy atom. The van der Waals surface area contributed by atoms with Gasteiger partial charge in [-0.1, -0.05) is 37.5 Å². The zero-order valence-corrected chi connectivity index (χ0v) is 15.5. The number of ketones is 2. The van der Waals surface area contributed by atoms with Gasteiger partial charge in [0.05, 0.1) is 12.8 Å². The molecule has 0 amide bonds. The molecule has 1 aliphatic carbocycles. The molecule has 0 unspecified atom stereocenters. The summed E-state index contributed by atoms with van der Waals surface area (Å²) in [5.74, 6) is 1.35. The van der Waals surface area contributed by atoms with E-state index in [1.807, 2.05) is 47.2 Å². The number of furan rings is 1. The van der Waals surface area contributed by atoms with E-state index in [-0.39, 0.29) is 17.5 Å². The van der Waals surface area contributed by atoms with Gasteiger partial charge in [0.25, 0.3) is 0 Å². The van der Waals surface area contributed by atoms with Crippen molar-refractivity contribution in [3.8, 4) is 0 Å². The number of carbonyl (C=O) groups excluding carboxylic acids is 2. The molecule has 27 heavy (non-hydrogen) atoms. The normalized spacial score (nSPS) is 15.3. The van der Waals surface area contributed by atoms with Crippen molar-refractivity contribution in [3.05, 3.63) is 60.2 Å². The quantitative estimate of drug-likeness (QED) is 0.542. The van der Waals surface area contributed by atoms with Crippen LogP contribution in [0.3, 0.4) is 0 Å². The van der Waals surface area contributed by atoms with Gasteiger partial charge in [-0.05, 0) is 31.0 Å². The fourth-order valence-electron chi connectivity index (χ4n) is 4.15. The van der Waals surface area contributed by atoms with E-state index in [9.17, 15) is 9.59 Å². The molecule has 1 fully saturated rings. The molecule has 4 nitrogen and oxygen atoms in total. The molecule has 2 aromatic heterocycles. The van der Waals surface area contributed by atoms with Gasteiger partial charge in [-0.25, -0.2) is 0 Å². The average molecular weight is 363 g/mol. The van der Waals surface area contributed by atoms with Crippen molar-refractivity contribution in [3.63, 3.8) is 0 Å². The van der Waals surface area contributed by atoms with E-state index in [2.05, 4.69) is 0 Å². The Kier molecular flexibility index (Phi) is 5.23. The maximum atomic E-state index is 13.1. The van der Waals surface area contributed by atoms with Gasteiger partial charge in [0.1, 0.15) is 5.76 Å². The summed E-state index contributed by atoms with van der Waals surface area (Å²) >= 11 is 0. The van der Waals surface area contributed by atoms with E-state index in [0.29, 0.717) is 19.4 Å². The highest BCUT2D eigenvalue weighted by Crippen LogP contribution is 2.30. The predicted octanol–water partition coefficient (Wildman–Crippen LogP) is 5.20. The Hall–Kier alpha value is -2.62. The first-order valence-electron chi connectivity index (χ1n) is 9.88. The van der Waals surface area contributed by atoms with Crippen LogP contribution in [0.15, 0.2) is 53.3 Å². The summed E-state index contributed by atoms with van der Waals surface area (Å²) in [6.45, 7) is 0.291. The smallest absolute Gasteiger partial charge is 0.168 e. The fraction of sp³-hybridized carbons (Fsp3) is 0.391. The number of Topliss-reactive ketones (excluding diaryl/α,β-unsaturated/α-hetero) is 2. The van der Waals surface area contributed by atoms with Gasteiger partial charge < -0.3 is 8.98 Å². The van der Waals surface area contributed by atoms with Crippen molar-refractivity contribution in [1.29, 1.82) is 0 Å². The van der Waals surface area contributed by atoms with Crippen LogP contribution in [0.2, 0.25) is 0 Å². The maximum Gasteiger partial charge on any atom is 0.168 e. The van der Waals surface area contributed by atoms with Crippen LogP contribution in [-0.4, -0.2) is 16.1 Å². The Labute approximate surface area is 159 Å². The number of hydrogen-bond acceptors (Lipinski definition) is 3. The zero-order valence-electron chi connectivity index (χ0n) is 15.5. The lowest BCUT2D eigenvalue weighted by molar-refractivity contribution is -0.119. The molecule has 1 aliphatic rings. The first-order valence-corrected chi connectivity index (χ1v) is 9.88. The second kappa shape index (κ2) is 7.95. The van der Waals surface area contributed by atoms with Gasteiger partial charge in [-0.15, -0.1) is 0 Å². The Morgan fingerprint density at radius 1 is 1.04 bits per heavy atom. The van der Waals surface area contributed by atoms with Crippen molar-refractivity contribution in [2.75, 3.05) is 0 Å². The minimum Gasteiger partial charge on any atom is -0.469 e. The second-order valence-electron chi connectivity index (χ2n) is 7.51. The van der Waals surface area contributed by atoms with E-state index in [1.54, 1.807) is 6.26 Å². The van der Waals surface area contributed by atoms with Gasteiger partial charge in [-0.2, -0.15) is 0 Å². The Balaban J connectivity index is 1.54. The number of nitrogens with zero attached hydrogens (tertiary/aromatic N) is 1. The van der Waals surface area contributed by atoms with Crippen LogP contribution in [0.4, 0.5) is 0 Å². The van der Waals surface area contributed by atoms with Gasteiger partial charge in [0.2, 0.25) is 0 Å². The van der Waals surface area contributed by atoms with Crippen molar-refractivity contribution in [1.82, 2.24) is 4.57 Å². The lowest BCUT2D eigenvalue weighted by Gasteiger charge is -2.19. The van der Waals surface area contributed by atoms with Crippen LogP contribution < -0.4 is 0 Å². The number of carbonyl (C=O) groups is 2. The van der Waals surface area contributed by atoms with Gasteiger partial charge in [-0.3, -0.25) is 9.59 Å². The lowest BCUT2D eigenvalue weighted by Crippen LogP contribution is -2.17. The first kappa shape index (κ1) is 17.8. The van der Waals surface area contributed by atoms with E-state index < -0.39 is 0 Å². The third-order valence-electron chi connectivity index (χ3n) is 5.61. The van der Waals surface area contributed by atoms with E-state index >= 15 is 0 Å². The maximum absolute atomic E-state index is 13.1. The van der Waals surface area contributed by atoms with Gasteiger partial charge in [0, 0.05) is 41.4 Å². The van der Waals surface area contributed by atoms with Crippen molar-refractivity contribution in [2.45, 2.75) is 51.5 Å². The summed E-state index contributed by atoms with van der Waals surface area (Å²) in [6, 6.07) is 11.6. The molecule has 0 saturated heterocycles. The van der Waals surface area contributed by atoms with E-state index in [1.165, 1.54) is 6.42 Å². The van der Waals surface area contributed by atoms with Crippen molar-refractivity contribution >= 4 is 22.5 Å². The molecule has 0 atom stereocenters. The molecule has 4 heteroatoms. The molecule has 0 aliphatic heterocycles. The Bertz CT molecular complexity index is 930. The zero-order chi connectivity index (χ0) is 18.6. The van der Waals surface area contributed by atoms with Crippen LogP contribution in [0.1, 0.15) is 54.6 Å². The van der Waals surface area contributed by atoms with E-state index in [0.717, 1.165) is 47.9 Å². The average Bonchev–Trinajstić information content (AvgIpc) is 3.35. The SMILES string of the molecule is O=C(CCc1ccco1)Cn1cc(C(=O)C2CCCCC2)c2ccccc21. The minimum atomic E-state index is 0.132. The molecule has 0 spiro atoms. The van der Waals surface area contributed by atoms with Gasteiger partial charge >= 0.3 is 0 Å². The molecule has 140 valence electrons. The lowest BCUT2D eigenvalue weighted by atomic mass is 9.84. The first-order chi connectivity index (χ1) is 13.2. The number of fused-ring (bicyclic) bond motifs is 1. The molecule has 2 heterocycles. The third-order valence-corrected chi connectivity index (χ3v) is 5.61. The highest BCUT2D eigenvalue weighted by atomic mass is 16.3. The molecular formula is C23H25NO3. The van der Waals surface area contributed by atoms with E-state index in [4.69, 9.17) is 4.42 Å². The third kappa shape index (κ3) is 3.90. The minimum absolute atomic E-state index is 0.132. The molecule has 3 aromatic rings. The second-order valence-corrected chi connectivity index (χ2v) is 7.51. The highest BCUT2D eigenvalue weighted by molar-refractivity contribution is 6.09. The van der Waals surface area contributed by atoms with Crippen LogP contribution in [0.5, 0.6) is 0 Å². The predicted molar refractivity (Wildman–Crippen MR) is 105 cm³/mol. The van der Waals surface area contributed by atoms with Crippen LogP contribution in [0, 0.1) is 5.92 Å². The molecule has 0 bridgehead atoms. The summed E-state index contributed by atoms with van der Waals surface area (Å²) < 4.78 is 7.24. The summed E-state index contributed by atoms with van der Waals surface area (Å²) in [6.07, 6.45) is 10.1. The van der Waals surface area contributed by atoms with Crippen LogP contribution >= 0.6 is 0 Å². The number of aromatic nitrogens is 1. The molecule has 0 N–H and O–H groups in total. The van der Waals surface area contributed by atoms with Crippen LogP contribution in [-0.2, 0) is 17.8 Å². The summed E-state index contributed by atoms with van der Waals surface area (Å²) in [7, 11) is 0.